The zero-order chi connectivity index (χ0) is 18.2. The molecule has 3 aromatic heterocycles. The standard InChI is InChI=1S/C19H23N7O/c27-19-20-8-1-9-25(19)13-12-24-10-6-15(7-11-24)18-22-21-17-5-4-16(14-2-3-14)23-26(17)18/h1,4-5,8-9,14-15H,2-3,6-7,10-13H2. The largest absolute Gasteiger partial charge is 0.347 e. The quantitative estimate of drug-likeness (QED) is 0.680. The summed E-state index contributed by atoms with van der Waals surface area (Å²) in [5, 5.41) is 13.6. The first-order valence-electron chi connectivity index (χ1n) is 9.74. The van der Waals surface area contributed by atoms with Crippen LogP contribution in [0.15, 0.2) is 35.4 Å². The highest BCUT2D eigenvalue weighted by Gasteiger charge is 2.28. The van der Waals surface area contributed by atoms with Crippen LogP contribution < -0.4 is 5.69 Å². The summed E-state index contributed by atoms with van der Waals surface area (Å²) in [6, 6.07) is 5.93. The number of hydrogen-bond acceptors (Lipinski definition) is 6. The first-order valence-corrected chi connectivity index (χ1v) is 9.74. The molecule has 0 N–H and O–H groups in total. The fourth-order valence-electron chi connectivity index (χ4n) is 3.89. The van der Waals surface area contributed by atoms with E-state index in [1.54, 1.807) is 16.8 Å². The Morgan fingerprint density at radius 2 is 1.85 bits per heavy atom. The minimum Gasteiger partial charge on any atom is -0.302 e. The maximum atomic E-state index is 11.7. The first-order chi connectivity index (χ1) is 13.3. The van der Waals surface area contributed by atoms with E-state index in [2.05, 4.69) is 26.1 Å². The van der Waals surface area contributed by atoms with Crippen molar-refractivity contribution < 1.29 is 0 Å². The van der Waals surface area contributed by atoms with Crippen molar-refractivity contribution in [2.75, 3.05) is 19.6 Å². The zero-order valence-electron chi connectivity index (χ0n) is 15.2. The van der Waals surface area contributed by atoms with Gasteiger partial charge < -0.3 is 4.90 Å². The van der Waals surface area contributed by atoms with Gasteiger partial charge in [-0.3, -0.25) is 4.57 Å². The van der Waals surface area contributed by atoms with E-state index in [-0.39, 0.29) is 5.69 Å². The molecule has 0 spiro atoms. The summed E-state index contributed by atoms with van der Waals surface area (Å²) in [4.78, 5) is 17.9. The van der Waals surface area contributed by atoms with Crippen LogP contribution in [0.5, 0.6) is 0 Å². The van der Waals surface area contributed by atoms with Crippen LogP contribution in [0.2, 0.25) is 0 Å². The van der Waals surface area contributed by atoms with E-state index >= 15 is 0 Å². The van der Waals surface area contributed by atoms with Crippen LogP contribution in [-0.2, 0) is 6.54 Å². The fourth-order valence-corrected chi connectivity index (χ4v) is 3.89. The summed E-state index contributed by atoms with van der Waals surface area (Å²) in [6.45, 7) is 3.54. The number of aromatic nitrogens is 6. The molecule has 1 aliphatic heterocycles. The summed E-state index contributed by atoms with van der Waals surface area (Å²) in [5.74, 6) is 2.01. The van der Waals surface area contributed by atoms with Crippen molar-refractivity contribution in [2.24, 2.45) is 0 Å². The van der Waals surface area contributed by atoms with Crippen molar-refractivity contribution in [3.05, 3.63) is 52.6 Å². The van der Waals surface area contributed by atoms with Gasteiger partial charge in [0.25, 0.3) is 0 Å². The average molecular weight is 365 g/mol. The third kappa shape index (κ3) is 3.37. The number of hydrogen-bond donors (Lipinski definition) is 0. The highest BCUT2D eigenvalue weighted by molar-refractivity contribution is 5.38. The predicted molar refractivity (Wildman–Crippen MR) is 99.7 cm³/mol. The van der Waals surface area contributed by atoms with E-state index in [0.717, 1.165) is 43.9 Å². The lowest BCUT2D eigenvalue weighted by Crippen LogP contribution is -2.37. The van der Waals surface area contributed by atoms with Gasteiger partial charge in [0.2, 0.25) is 0 Å². The normalized spacial score (nSPS) is 19.0. The summed E-state index contributed by atoms with van der Waals surface area (Å²) in [5.41, 5.74) is 1.83. The number of fused-ring (bicyclic) bond motifs is 1. The molecule has 1 saturated carbocycles. The molecule has 0 radical (unpaired) electrons. The van der Waals surface area contributed by atoms with Gasteiger partial charge in [0.05, 0.1) is 5.69 Å². The highest BCUT2D eigenvalue weighted by atomic mass is 16.1. The Hall–Kier alpha value is -2.61. The Morgan fingerprint density at radius 3 is 2.63 bits per heavy atom. The Balaban J connectivity index is 1.24. The number of likely N-dealkylation sites (tertiary alicyclic amines) is 1. The van der Waals surface area contributed by atoms with Crippen molar-refractivity contribution >= 4 is 5.65 Å². The Morgan fingerprint density at radius 1 is 1.00 bits per heavy atom. The minimum atomic E-state index is -0.181. The van der Waals surface area contributed by atoms with Crippen LogP contribution in [0.3, 0.4) is 0 Å². The Labute approximate surface area is 156 Å². The predicted octanol–water partition coefficient (Wildman–Crippen LogP) is 1.44. The molecule has 0 atom stereocenters. The van der Waals surface area contributed by atoms with Gasteiger partial charge in [-0.05, 0) is 57.0 Å². The second-order valence-corrected chi connectivity index (χ2v) is 7.57. The molecule has 27 heavy (non-hydrogen) atoms. The minimum absolute atomic E-state index is 0.181. The van der Waals surface area contributed by atoms with Crippen molar-refractivity contribution in [1.82, 2.24) is 34.3 Å². The molecule has 0 bridgehead atoms. The van der Waals surface area contributed by atoms with Gasteiger partial charge >= 0.3 is 5.69 Å². The zero-order valence-corrected chi connectivity index (χ0v) is 15.2. The van der Waals surface area contributed by atoms with Gasteiger partial charge in [0.15, 0.2) is 11.5 Å². The molecule has 140 valence electrons. The van der Waals surface area contributed by atoms with Gasteiger partial charge in [-0.2, -0.15) is 9.61 Å². The monoisotopic (exact) mass is 365 g/mol. The first kappa shape index (κ1) is 16.6. The van der Waals surface area contributed by atoms with Crippen LogP contribution in [-0.4, -0.2) is 53.9 Å². The molecule has 0 amide bonds. The number of nitrogens with zero attached hydrogens (tertiary/aromatic N) is 7. The molecule has 5 rings (SSSR count). The summed E-state index contributed by atoms with van der Waals surface area (Å²) < 4.78 is 3.63. The van der Waals surface area contributed by atoms with Crippen LogP contribution >= 0.6 is 0 Å². The fraction of sp³-hybridized carbons (Fsp3) is 0.526. The maximum absolute atomic E-state index is 11.7. The number of rotatable bonds is 5. The van der Waals surface area contributed by atoms with Crippen molar-refractivity contribution in [1.29, 1.82) is 0 Å². The van der Waals surface area contributed by atoms with Gasteiger partial charge in [0, 0.05) is 37.3 Å². The lowest BCUT2D eigenvalue weighted by atomic mass is 9.96. The van der Waals surface area contributed by atoms with E-state index in [1.165, 1.54) is 24.7 Å². The van der Waals surface area contributed by atoms with Crippen molar-refractivity contribution in [3.8, 4) is 0 Å². The SMILES string of the molecule is O=c1ncccn1CCN1CCC(c2nnc3ccc(C4CC4)nn23)CC1. The summed E-state index contributed by atoms with van der Waals surface area (Å²) in [6.07, 6.45) is 7.91. The van der Waals surface area contributed by atoms with E-state index in [0.29, 0.717) is 18.4 Å². The molecule has 3 aromatic rings. The van der Waals surface area contributed by atoms with E-state index < -0.39 is 0 Å². The maximum Gasteiger partial charge on any atom is 0.347 e. The van der Waals surface area contributed by atoms with Gasteiger partial charge in [-0.15, -0.1) is 10.2 Å². The lowest BCUT2D eigenvalue weighted by molar-refractivity contribution is 0.200. The van der Waals surface area contributed by atoms with Gasteiger partial charge in [-0.1, -0.05) is 0 Å². The van der Waals surface area contributed by atoms with Gasteiger partial charge in [-0.25, -0.2) is 9.78 Å². The molecule has 2 fully saturated rings. The van der Waals surface area contributed by atoms with Crippen molar-refractivity contribution in [3.63, 3.8) is 0 Å². The van der Waals surface area contributed by atoms with E-state index in [4.69, 9.17) is 5.10 Å². The van der Waals surface area contributed by atoms with Crippen LogP contribution in [0.1, 0.15) is 49.0 Å². The third-order valence-corrected chi connectivity index (χ3v) is 5.70. The average Bonchev–Trinajstić information content (AvgIpc) is 3.47. The molecule has 0 unspecified atom stereocenters. The van der Waals surface area contributed by atoms with E-state index in [1.807, 2.05) is 10.6 Å². The smallest absolute Gasteiger partial charge is 0.302 e. The van der Waals surface area contributed by atoms with Crippen LogP contribution in [0.4, 0.5) is 0 Å². The molecule has 0 aromatic carbocycles. The van der Waals surface area contributed by atoms with Crippen molar-refractivity contribution in [2.45, 2.75) is 44.1 Å². The van der Waals surface area contributed by atoms with Gasteiger partial charge in [0.1, 0.15) is 0 Å². The summed E-state index contributed by atoms with van der Waals surface area (Å²) >= 11 is 0. The van der Waals surface area contributed by atoms with Crippen LogP contribution in [0.25, 0.3) is 5.65 Å². The molecular formula is C19H23N7O. The molecular weight excluding hydrogens is 342 g/mol. The molecule has 4 heterocycles. The molecule has 8 nitrogen and oxygen atoms in total. The summed E-state index contributed by atoms with van der Waals surface area (Å²) in [7, 11) is 0. The molecule has 1 saturated heterocycles. The number of piperidine rings is 1. The second-order valence-electron chi connectivity index (χ2n) is 7.57. The highest BCUT2D eigenvalue weighted by Crippen LogP contribution is 2.39. The second kappa shape index (κ2) is 6.84. The molecule has 8 heteroatoms. The molecule has 1 aliphatic carbocycles. The van der Waals surface area contributed by atoms with E-state index in [9.17, 15) is 4.79 Å². The molecule has 2 aliphatic rings. The topological polar surface area (TPSA) is 81.2 Å². The third-order valence-electron chi connectivity index (χ3n) is 5.70. The van der Waals surface area contributed by atoms with Crippen LogP contribution in [0, 0.1) is 0 Å². The lowest BCUT2D eigenvalue weighted by Gasteiger charge is -2.31. The Bertz CT molecular complexity index is 998. The Kier molecular flexibility index (Phi) is 4.20.